The van der Waals surface area contributed by atoms with Crippen LogP contribution in [0.5, 0.6) is 0 Å². The highest BCUT2D eigenvalue weighted by Crippen LogP contribution is 2.23. The zero-order chi connectivity index (χ0) is 21.8. The fraction of sp³-hybridized carbons (Fsp3) is 0.167. The number of rotatable bonds is 5. The van der Waals surface area contributed by atoms with Gasteiger partial charge in [-0.15, -0.1) is 0 Å². The summed E-state index contributed by atoms with van der Waals surface area (Å²) in [5.74, 6) is -0.143. The lowest BCUT2D eigenvalue weighted by Crippen LogP contribution is -2.36. The molecule has 3 N–H and O–H groups in total. The van der Waals surface area contributed by atoms with Crippen molar-refractivity contribution in [2.75, 3.05) is 17.6 Å². The van der Waals surface area contributed by atoms with Gasteiger partial charge in [-0.25, -0.2) is 4.39 Å². The molecular formula is C24H22FN3O3. The van der Waals surface area contributed by atoms with E-state index in [0.717, 1.165) is 30.0 Å². The van der Waals surface area contributed by atoms with E-state index in [0.29, 0.717) is 30.1 Å². The van der Waals surface area contributed by atoms with Crippen molar-refractivity contribution >= 4 is 29.3 Å². The van der Waals surface area contributed by atoms with E-state index in [9.17, 15) is 14.0 Å². The first-order chi connectivity index (χ1) is 15.0. The van der Waals surface area contributed by atoms with Crippen molar-refractivity contribution in [3.8, 4) is 0 Å². The molecule has 4 rings (SSSR count). The molecule has 1 aliphatic heterocycles. The maximum Gasteiger partial charge on any atom is 0.255 e. The number of likely N-dealkylation sites (tertiary alicyclic amines) is 1. The molecule has 0 atom stereocenters. The van der Waals surface area contributed by atoms with Gasteiger partial charge in [0.2, 0.25) is 5.91 Å². The van der Waals surface area contributed by atoms with Crippen LogP contribution in [0.25, 0.3) is 6.08 Å². The molecule has 2 amide bonds. The molecule has 2 aromatic carbocycles. The van der Waals surface area contributed by atoms with Crippen LogP contribution in [0.3, 0.4) is 0 Å². The third-order valence-corrected chi connectivity index (χ3v) is 5.15. The number of furan rings is 1. The fourth-order valence-corrected chi connectivity index (χ4v) is 3.53. The summed E-state index contributed by atoms with van der Waals surface area (Å²) in [4.78, 5) is 27.1. The topological polar surface area (TPSA) is 88.6 Å². The Balaban J connectivity index is 1.41. The van der Waals surface area contributed by atoms with E-state index < -0.39 is 5.82 Å². The van der Waals surface area contributed by atoms with Crippen LogP contribution in [-0.4, -0.2) is 23.3 Å². The highest BCUT2D eigenvalue weighted by atomic mass is 19.1. The molecule has 1 fully saturated rings. The summed E-state index contributed by atoms with van der Waals surface area (Å²) in [6, 6.07) is 14.5. The maximum absolute atomic E-state index is 13.2. The molecule has 0 radical (unpaired) electrons. The number of amides is 2. The predicted octanol–water partition coefficient (Wildman–Crippen LogP) is 4.46. The van der Waals surface area contributed by atoms with Crippen LogP contribution < -0.4 is 11.1 Å². The van der Waals surface area contributed by atoms with Crippen molar-refractivity contribution in [2.45, 2.75) is 19.4 Å². The third-order valence-electron chi connectivity index (χ3n) is 5.15. The first kappa shape index (κ1) is 20.4. The van der Waals surface area contributed by atoms with E-state index in [1.807, 2.05) is 18.2 Å². The zero-order valence-corrected chi connectivity index (χ0v) is 16.8. The minimum Gasteiger partial charge on any atom is -0.465 e. The first-order valence-corrected chi connectivity index (χ1v) is 9.98. The fourth-order valence-electron chi connectivity index (χ4n) is 3.53. The molecule has 3 aromatic rings. The number of hydrogen-bond donors (Lipinski definition) is 2. The SMILES string of the molecule is Nc1cc(F)ccc1NC(=O)c1ccc(CN2CCC/C(=C\c3ccco3)C2=O)cc1. The second-order valence-electron chi connectivity index (χ2n) is 7.40. The minimum atomic E-state index is -0.464. The number of carbonyl (C=O) groups is 2. The van der Waals surface area contributed by atoms with Crippen molar-refractivity contribution in [1.29, 1.82) is 0 Å². The average Bonchev–Trinajstić information content (AvgIpc) is 3.27. The van der Waals surface area contributed by atoms with Crippen LogP contribution in [0.4, 0.5) is 15.8 Å². The van der Waals surface area contributed by atoms with Gasteiger partial charge in [0.15, 0.2) is 0 Å². The minimum absolute atomic E-state index is 0.00347. The number of hydrogen-bond acceptors (Lipinski definition) is 4. The lowest BCUT2D eigenvalue weighted by atomic mass is 10.0. The summed E-state index contributed by atoms with van der Waals surface area (Å²) in [7, 11) is 0. The van der Waals surface area contributed by atoms with E-state index in [-0.39, 0.29) is 17.5 Å². The molecule has 7 heteroatoms. The molecule has 0 aliphatic carbocycles. The van der Waals surface area contributed by atoms with Gasteiger partial charge in [0.25, 0.3) is 5.91 Å². The summed E-state index contributed by atoms with van der Waals surface area (Å²) in [6.45, 7) is 1.14. The number of benzene rings is 2. The van der Waals surface area contributed by atoms with Crippen LogP contribution >= 0.6 is 0 Å². The van der Waals surface area contributed by atoms with Crippen molar-refractivity contribution in [3.63, 3.8) is 0 Å². The van der Waals surface area contributed by atoms with Crippen LogP contribution in [0.15, 0.2) is 70.9 Å². The number of carbonyl (C=O) groups excluding carboxylic acids is 2. The average molecular weight is 419 g/mol. The van der Waals surface area contributed by atoms with Crippen molar-refractivity contribution in [3.05, 3.63) is 89.1 Å². The largest absolute Gasteiger partial charge is 0.465 e. The highest BCUT2D eigenvalue weighted by Gasteiger charge is 2.23. The van der Waals surface area contributed by atoms with Gasteiger partial charge in [0.1, 0.15) is 11.6 Å². The Labute approximate surface area is 179 Å². The summed E-state index contributed by atoms with van der Waals surface area (Å²) >= 11 is 0. The smallest absolute Gasteiger partial charge is 0.255 e. The molecule has 1 saturated heterocycles. The summed E-state index contributed by atoms with van der Waals surface area (Å²) in [5.41, 5.74) is 8.34. The molecule has 0 unspecified atom stereocenters. The van der Waals surface area contributed by atoms with Crippen LogP contribution in [-0.2, 0) is 11.3 Å². The number of piperidine rings is 1. The standard InChI is InChI=1S/C24H22FN3O3/c25-19-9-10-22(21(26)14-19)27-23(29)17-7-5-16(6-8-17)15-28-11-1-3-18(24(28)30)13-20-4-2-12-31-20/h2,4-10,12-14H,1,3,11,15,26H2,(H,27,29)/b18-13+. The Morgan fingerprint density at radius 2 is 2.00 bits per heavy atom. The summed E-state index contributed by atoms with van der Waals surface area (Å²) < 4.78 is 18.5. The van der Waals surface area contributed by atoms with Crippen LogP contribution in [0, 0.1) is 5.82 Å². The van der Waals surface area contributed by atoms with E-state index in [2.05, 4.69) is 5.32 Å². The van der Waals surface area contributed by atoms with E-state index in [1.165, 1.54) is 12.1 Å². The number of nitrogens with two attached hydrogens (primary N) is 1. The molecule has 31 heavy (non-hydrogen) atoms. The number of halogens is 1. The summed E-state index contributed by atoms with van der Waals surface area (Å²) in [5, 5.41) is 2.68. The van der Waals surface area contributed by atoms with Gasteiger partial charge in [-0.05, 0) is 66.9 Å². The van der Waals surface area contributed by atoms with Gasteiger partial charge >= 0.3 is 0 Å². The van der Waals surface area contributed by atoms with E-state index >= 15 is 0 Å². The molecular weight excluding hydrogens is 397 g/mol. The molecule has 158 valence electrons. The lowest BCUT2D eigenvalue weighted by molar-refractivity contribution is -0.129. The monoisotopic (exact) mass is 419 g/mol. The van der Waals surface area contributed by atoms with Gasteiger partial charge in [0, 0.05) is 24.2 Å². The van der Waals surface area contributed by atoms with E-state index in [4.69, 9.17) is 10.2 Å². The Bertz CT molecular complexity index is 1120. The Morgan fingerprint density at radius 1 is 1.19 bits per heavy atom. The first-order valence-electron chi connectivity index (χ1n) is 9.98. The molecule has 6 nitrogen and oxygen atoms in total. The van der Waals surface area contributed by atoms with Gasteiger partial charge in [0.05, 0.1) is 17.6 Å². The molecule has 1 aromatic heterocycles. The third kappa shape index (κ3) is 4.83. The second kappa shape index (κ2) is 8.87. The maximum atomic E-state index is 13.2. The van der Waals surface area contributed by atoms with Crippen molar-refractivity contribution < 1.29 is 18.4 Å². The molecule has 1 aliphatic rings. The molecule has 0 spiro atoms. The van der Waals surface area contributed by atoms with Gasteiger partial charge in [-0.2, -0.15) is 0 Å². The second-order valence-corrected chi connectivity index (χ2v) is 7.40. The van der Waals surface area contributed by atoms with Crippen LogP contribution in [0.1, 0.15) is 34.5 Å². The predicted molar refractivity (Wildman–Crippen MR) is 117 cm³/mol. The van der Waals surface area contributed by atoms with Crippen molar-refractivity contribution in [2.24, 2.45) is 0 Å². The number of nitrogen functional groups attached to an aromatic ring is 1. The Morgan fingerprint density at radius 3 is 2.71 bits per heavy atom. The highest BCUT2D eigenvalue weighted by molar-refractivity contribution is 6.05. The summed E-state index contributed by atoms with van der Waals surface area (Å²) in [6.07, 6.45) is 4.99. The lowest BCUT2D eigenvalue weighted by Gasteiger charge is -2.28. The van der Waals surface area contributed by atoms with Gasteiger partial charge in [-0.3, -0.25) is 9.59 Å². The molecule has 0 bridgehead atoms. The number of nitrogens with one attached hydrogen (secondary N) is 1. The quantitative estimate of drug-likeness (QED) is 0.472. The Kier molecular flexibility index (Phi) is 5.84. The molecule has 2 heterocycles. The zero-order valence-electron chi connectivity index (χ0n) is 16.8. The van der Waals surface area contributed by atoms with Gasteiger partial charge in [-0.1, -0.05) is 12.1 Å². The number of anilines is 2. The van der Waals surface area contributed by atoms with E-state index in [1.54, 1.807) is 35.4 Å². The van der Waals surface area contributed by atoms with Gasteiger partial charge < -0.3 is 20.4 Å². The molecule has 0 saturated carbocycles. The van der Waals surface area contributed by atoms with Crippen molar-refractivity contribution in [1.82, 2.24) is 4.90 Å². The normalized spacial score (nSPS) is 15.3. The Hall–Kier alpha value is -3.87. The number of nitrogens with zero attached hydrogens (tertiary/aromatic N) is 1. The van der Waals surface area contributed by atoms with Crippen LogP contribution in [0.2, 0.25) is 0 Å².